The van der Waals surface area contributed by atoms with E-state index in [9.17, 15) is 0 Å². The number of hydrogen-bond donors (Lipinski definition) is 2. The summed E-state index contributed by atoms with van der Waals surface area (Å²) >= 11 is 2.01. The van der Waals surface area contributed by atoms with Crippen LogP contribution < -0.4 is 5.32 Å². The van der Waals surface area contributed by atoms with Crippen molar-refractivity contribution in [2.24, 2.45) is 0 Å². The second kappa shape index (κ2) is 4.36. The van der Waals surface area contributed by atoms with E-state index in [0.717, 1.165) is 13.1 Å². The van der Waals surface area contributed by atoms with Gasteiger partial charge >= 0.3 is 0 Å². The zero-order valence-corrected chi connectivity index (χ0v) is 9.36. The smallest absolute Gasteiger partial charge is 0.0490 e. The first-order valence-electron chi connectivity index (χ1n) is 5.09. The lowest BCUT2D eigenvalue weighted by molar-refractivity contribution is 0.345. The van der Waals surface area contributed by atoms with E-state index in [1.807, 2.05) is 17.8 Å². The van der Waals surface area contributed by atoms with Gasteiger partial charge in [0.15, 0.2) is 0 Å². The van der Waals surface area contributed by atoms with Gasteiger partial charge in [0.25, 0.3) is 0 Å². The van der Waals surface area contributed by atoms with E-state index in [4.69, 9.17) is 0 Å². The average Bonchev–Trinajstić information content (AvgIpc) is 2.62. The fourth-order valence-corrected chi connectivity index (χ4v) is 2.78. The summed E-state index contributed by atoms with van der Waals surface area (Å²) < 4.78 is 0.528. The normalized spacial score (nSPS) is 19.2. The topological polar surface area (TPSA) is 40.7 Å². The first kappa shape index (κ1) is 10.1. The van der Waals surface area contributed by atoms with Gasteiger partial charge in [0.1, 0.15) is 0 Å². The molecule has 1 aromatic heterocycles. The van der Waals surface area contributed by atoms with E-state index in [1.54, 1.807) is 6.20 Å². The molecule has 1 saturated carbocycles. The van der Waals surface area contributed by atoms with Gasteiger partial charge in [-0.3, -0.25) is 5.10 Å². The van der Waals surface area contributed by atoms with Gasteiger partial charge in [0.2, 0.25) is 0 Å². The molecule has 78 valence electrons. The zero-order valence-electron chi connectivity index (χ0n) is 8.55. The van der Waals surface area contributed by atoms with Gasteiger partial charge in [-0.25, -0.2) is 0 Å². The standard InChI is InChI=1S/C10H17N3S/c1-14-10(4-2-5-10)8-11-7-9-3-6-12-13-9/h3,6,11H,2,4-5,7-8H2,1H3,(H,12,13). The Morgan fingerprint density at radius 3 is 3.00 bits per heavy atom. The summed E-state index contributed by atoms with van der Waals surface area (Å²) in [6.45, 7) is 2.02. The molecule has 0 spiro atoms. The van der Waals surface area contributed by atoms with Gasteiger partial charge in [-0.15, -0.1) is 0 Å². The molecule has 0 atom stereocenters. The molecule has 1 aromatic rings. The highest BCUT2D eigenvalue weighted by Gasteiger charge is 2.35. The van der Waals surface area contributed by atoms with Crippen molar-refractivity contribution < 1.29 is 0 Å². The van der Waals surface area contributed by atoms with Crippen LogP contribution in [0.5, 0.6) is 0 Å². The van der Waals surface area contributed by atoms with Crippen LogP contribution in [0.1, 0.15) is 25.0 Å². The summed E-state index contributed by atoms with van der Waals surface area (Å²) in [7, 11) is 0. The van der Waals surface area contributed by atoms with Crippen molar-refractivity contribution in [1.82, 2.24) is 15.5 Å². The number of rotatable bonds is 5. The van der Waals surface area contributed by atoms with Crippen molar-refractivity contribution in [1.29, 1.82) is 0 Å². The van der Waals surface area contributed by atoms with E-state index >= 15 is 0 Å². The van der Waals surface area contributed by atoms with Crippen LogP contribution in [0.15, 0.2) is 12.3 Å². The summed E-state index contributed by atoms with van der Waals surface area (Å²) in [4.78, 5) is 0. The Bertz CT molecular complexity index is 261. The summed E-state index contributed by atoms with van der Waals surface area (Å²) in [6, 6.07) is 2.01. The molecule has 1 heterocycles. The summed E-state index contributed by atoms with van der Waals surface area (Å²) in [5.41, 5.74) is 1.17. The second-order valence-electron chi connectivity index (χ2n) is 3.93. The number of aromatic amines is 1. The molecular weight excluding hydrogens is 194 g/mol. The maximum absolute atomic E-state index is 3.92. The third-order valence-corrected chi connectivity index (χ3v) is 4.44. The van der Waals surface area contributed by atoms with Crippen LogP contribution in [0.3, 0.4) is 0 Å². The molecule has 0 amide bonds. The molecule has 14 heavy (non-hydrogen) atoms. The van der Waals surface area contributed by atoms with Gasteiger partial charge in [-0.05, 0) is 25.2 Å². The minimum atomic E-state index is 0.528. The number of thioether (sulfide) groups is 1. The molecule has 0 radical (unpaired) electrons. The van der Waals surface area contributed by atoms with Gasteiger partial charge in [-0.2, -0.15) is 16.9 Å². The quantitative estimate of drug-likeness (QED) is 0.780. The van der Waals surface area contributed by atoms with Crippen molar-refractivity contribution in [3.63, 3.8) is 0 Å². The van der Waals surface area contributed by atoms with Gasteiger partial charge in [0.05, 0.1) is 0 Å². The van der Waals surface area contributed by atoms with Crippen LogP contribution in [0.25, 0.3) is 0 Å². The van der Waals surface area contributed by atoms with Gasteiger partial charge < -0.3 is 5.32 Å². The van der Waals surface area contributed by atoms with Crippen molar-refractivity contribution >= 4 is 11.8 Å². The van der Waals surface area contributed by atoms with Crippen LogP contribution in [-0.2, 0) is 6.54 Å². The van der Waals surface area contributed by atoms with Crippen LogP contribution >= 0.6 is 11.8 Å². The first-order chi connectivity index (χ1) is 6.85. The molecule has 0 aliphatic heterocycles. The second-order valence-corrected chi connectivity index (χ2v) is 5.20. The molecule has 0 bridgehead atoms. The molecule has 1 fully saturated rings. The first-order valence-corrected chi connectivity index (χ1v) is 6.31. The minimum Gasteiger partial charge on any atom is -0.310 e. The number of nitrogens with zero attached hydrogens (tertiary/aromatic N) is 1. The van der Waals surface area contributed by atoms with E-state index in [0.29, 0.717) is 4.75 Å². The molecular formula is C10H17N3S. The van der Waals surface area contributed by atoms with Crippen molar-refractivity contribution in [2.45, 2.75) is 30.6 Å². The van der Waals surface area contributed by atoms with Crippen LogP contribution in [0.2, 0.25) is 0 Å². The van der Waals surface area contributed by atoms with E-state index in [1.165, 1.54) is 25.0 Å². The Morgan fingerprint density at radius 1 is 1.64 bits per heavy atom. The highest BCUT2D eigenvalue weighted by molar-refractivity contribution is 8.00. The molecule has 0 unspecified atom stereocenters. The summed E-state index contributed by atoms with van der Waals surface area (Å²) in [5, 5.41) is 10.4. The largest absolute Gasteiger partial charge is 0.310 e. The summed E-state index contributed by atoms with van der Waals surface area (Å²) in [6.07, 6.45) is 8.14. The Morgan fingerprint density at radius 2 is 2.50 bits per heavy atom. The van der Waals surface area contributed by atoms with Crippen molar-refractivity contribution in [2.75, 3.05) is 12.8 Å². The third-order valence-electron chi connectivity index (χ3n) is 3.02. The highest BCUT2D eigenvalue weighted by Crippen LogP contribution is 2.42. The number of hydrogen-bond acceptors (Lipinski definition) is 3. The average molecular weight is 211 g/mol. The van der Waals surface area contributed by atoms with E-state index in [2.05, 4.69) is 21.8 Å². The van der Waals surface area contributed by atoms with Gasteiger partial charge in [0, 0.05) is 29.7 Å². The number of nitrogens with one attached hydrogen (secondary N) is 2. The molecule has 1 aliphatic carbocycles. The zero-order chi connectivity index (χ0) is 9.86. The van der Waals surface area contributed by atoms with E-state index in [-0.39, 0.29) is 0 Å². The molecule has 2 N–H and O–H groups in total. The molecule has 0 saturated heterocycles. The Labute approximate surface area is 89.1 Å². The fraction of sp³-hybridized carbons (Fsp3) is 0.700. The fourth-order valence-electron chi connectivity index (χ4n) is 1.83. The highest BCUT2D eigenvalue weighted by atomic mass is 32.2. The number of H-pyrrole nitrogens is 1. The maximum atomic E-state index is 3.92. The maximum Gasteiger partial charge on any atom is 0.0490 e. The van der Waals surface area contributed by atoms with Gasteiger partial charge in [-0.1, -0.05) is 6.42 Å². The van der Waals surface area contributed by atoms with Crippen LogP contribution in [0, 0.1) is 0 Å². The molecule has 1 aliphatic rings. The lowest BCUT2D eigenvalue weighted by Crippen LogP contribution is -2.43. The Balaban J connectivity index is 1.72. The summed E-state index contributed by atoms with van der Waals surface area (Å²) in [5.74, 6) is 0. The molecule has 2 rings (SSSR count). The predicted molar refractivity (Wildman–Crippen MR) is 60.4 cm³/mol. The van der Waals surface area contributed by atoms with E-state index < -0.39 is 0 Å². The molecule has 4 heteroatoms. The third kappa shape index (κ3) is 2.12. The SMILES string of the molecule is CSC1(CNCc2ccn[nH]2)CCC1. The molecule has 3 nitrogen and oxygen atoms in total. The monoisotopic (exact) mass is 211 g/mol. The minimum absolute atomic E-state index is 0.528. The Kier molecular flexibility index (Phi) is 3.13. The van der Waals surface area contributed by atoms with Crippen molar-refractivity contribution in [3.8, 4) is 0 Å². The van der Waals surface area contributed by atoms with Crippen LogP contribution in [0.4, 0.5) is 0 Å². The lowest BCUT2D eigenvalue weighted by Gasteiger charge is -2.40. The van der Waals surface area contributed by atoms with Crippen LogP contribution in [-0.4, -0.2) is 27.7 Å². The molecule has 0 aromatic carbocycles. The Hall–Kier alpha value is -0.480. The van der Waals surface area contributed by atoms with Crippen molar-refractivity contribution in [3.05, 3.63) is 18.0 Å². The predicted octanol–water partition coefficient (Wildman–Crippen LogP) is 1.78. The lowest BCUT2D eigenvalue weighted by atomic mass is 9.84. The number of aromatic nitrogens is 2.